The Labute approximate surface area is 109 Å². The van der Waals surface area contributed by atoms with Crippen LogP contribution in [0.4, 0.5) is 5.69 Å². The fraction of sp³-hybridized carbons (Fsp3) is 0.333. The van der Waals surface area contributed by atoms with E-state index in [0.717, 1.165) is 0 Å². The molecule has 19 heavy (non-hydrogen) atoms. The summed E-state index contributed by atoms with van der Waals surface area (Å²) in [5.74, 6) is 0.113. The standard InChI is InChI=1S/C12H14N4O3/c1-8(11(17)12-14-13-7-15(12)2)9-4-3-5-10(6-9)16(18)19/h3-8,11,17H,1-2H3. The van der Waals surface area contributed by atoms with Crippen LogP contribution in [0.1, 0.15) is 30.3 Å². The Kier molecular flexibility index (Phi) is 3.57. The molecule has 1 heterocycles. The number of nitrogens with zero attached hydrogens (tertiary/aromatic N) is 4. The smallest absolute Gasteiger partial charge is 0.269 e. The molecule has 1 aromatic heterocycles. The highest BCUT2D eigenvalue weighted by molar-refractivity contribution is 5.36. The van der Waals surface area contributed by atoms with Gasteiger partial charge >= 0.3 is 0 Å². The first-order chi connectivity index (χ1) is 9.00. The molecule has 2 atom stereocenters. The van der Waals surface area contributed by atoms with Gasteiger partial charge < -0.3 is 9.67 Å². The summed E-state index contributed by atoms with van der Waals surface area (Å²) in [7, 11) is 1.73. The maximum atomic E-state index is 10.7. The fourth-order valence-corrected chi connectivity index (χ4v) is 1.89. The van der Waals surface area contributed by atoms with E-state index < -0.39 is 11.0 Å². The zero-order valence-electron chi connectivity index (χ0n) is 10.6. The number of nitro benzene ring substituents is 1. The molecule has 0 fully saturated rings. The number of aliphatic hydroxyl groups excluding tert-OH is 1. The van der Waals surface area contributed by atoms with Gasteiger partial charge in [0.25, 0.3) is 5.69 Å². The zero-order valence-corrected chi connectivity index (χ0v) is 10.6. The molecule has 0 saturated heterocycles. The summed E-state index contributed by atoms with van der Waals surface area (Å²) in [6.07, 6.45) is 0.633. The van der Waals surface area contributed by atoms with E-state index in [2.05, 4.69) is 10.2 Å². The van der Waals surface area contributed by atoms with Gasteiger partial charge in [0, 0.05) is 25.1 Å². The monoisotopic (exact) mass is 262 g/mol. The quantitative estimate of drug-likeness (QED) is 0.666. The Morgan fingerprint density at radius 2 is 2.21 bits per heavy atom. The average molecular weight is 262 g/mol. The molecule has 0 amide bonds. The number of aliphatic hydroxyl groups is 1. The molecule has 7 nitrogen and oxygen atoms in total. The molecule has 0 aliphatic heterocycles. The number of aryl methyl sites for hydroxylation is 1. The van der Waals surface area contributed by atoms with Gasteiger partial charge in [-0.25, -0.2) is 0 Å². The van der Waals surface area contributed by atoms with Crippen LogP contribution in [0, 0.1) is 10.1 Å². The van der Waals surface area contributed by atoms with Crippen LogP contribution in [0.15, 0.2) is 30.6 Å². The normalized spacial score (nSPS) is 14.1. The molecular formula is C12H14N4O3. The van der Waals surface area contributed by atoms with Crippen molar-refractivity contribution in [1.29, 1.82) is 0 Å². The van der Waals surface area contributed by atoms with Gasteiger partial charge in [0.2, 0.25) is 0 Å². The molecule has 100 valence electrons. The predicted molar refractivity (Wildman–Crippen MR) is 67.5 cm³/mol. The Bertz CT molecular complexity index is 596. The summed E-state index contributed by atoms with van der Waals surface area (Å²) in [6, 6.07) is 6.24. The molecule has 0 saturated carbocycles. The van der Waals surface area contributed by atoms with Crippen LogP contribution in [0.5, 0.6) is 0 Å². The zero-order chi connectivity index (χ0) is 14.0. The molecule has 7 heteroatoms. The molecule has 0 bridgehead atoms. The second-order valence-electron chi connectivity index (χ2n) is 4.39. The summed E-state index contributed by atoms with van der Waals surface area (Å²) >= 11 is 0. The SMILES string of the molecule is CC(c1cccc([N+](=O)[O-])c1)C(O)c1nncn1C. The van der Waals surface area contributed by atoms with Crippen molar-refractivity contribution in [1.82, 2.24) is 14.8 Å². The minimum atomic E-state index is -0.866. The summed E-state index contributed by atoms with van der Waals surface area (Å²) in [6.45, 7) is 1.79. The summed E-state index contributed by atoms with van der Waals surface area (Å²) in [5.41, 5.74) is 0.694. The molecule has 0 spiro atoms. The Morgan fingerprint density at radius 3 is 2.79 bits per heavy atom. The largest absolute Gasteiger partial charge is 0.384 e. The fourth-order valence-electron chi connectivity index (χ4n) is 1.89. The molecule has 1 N–H and O–H groups in total. The number of hydrogen-bond donors (Lipinski definition) is 1. The van der Waals surface area contributed by atoms with Gasteiger partial charge in [-0.3, -0.25) is 10.1 Å². The third kappa shape index (κ3) is 2.60. The average Bonchev–Trinajstić information content (AvgIpc) is 2.83. The van der Waals surface area contributed by atoms with Crippen molar-refractivity contribution in [3.05, 3.63) is 52.1 Å². The second kappa shape index (κ2) is 5.15. The van der Waals surface area contributed by atoms with E-state index in [0.29, 0.717) is 11.4 Å². The third-order valence-electron chi connectivity index (χ3n) is 3.09. The number of aromatic nitrogens is 3. The first-order valence-electron chi connectivity index (χ1n) is 5.77. The number of benzene rings is 1. The van der Waals surface area contributed by atoms with Crippen molar-refractivity contribution >= 4 is 5.69 Å². The van der Waals surface area contributed by atoms with Gasteiger partial charge in [-0.05, 0) is 5.56 Å². The Morgan fingerprint density at radius 1 is 1.47 bits per heavy atom. The maximum Gasteiger partial charge on any atom is 0.269 e. The molecule has 0 aliphatic rings. The molecule has 2 unspecified atom stereocenters. The third-order valence-corrected chi connectivity index (χ3v) is 3.09. The lowest BCUT2D eigenvalue weighted by atomic mass is 9.94. The van der Waals surface area contributed by atoms with Crippen LogP contribution in [0.25, 0.3) is 0 Å². The molecule has 1 aromatic carbocycles. The lowest BCUT2D eigenvalue weighted by Gasteiger charge is -2.18. The van der Waals surface area contributed by atoms with E-state index in [-0.39, 0.29) is 11.6 Å². The highest BCUT2D eigenvalue weighted by Gasteiger charge is 2.23. The lowest BCUT2D eigenvalue weighted by molar-refractivity contribution is -0.384. The van der Waals surface area contributed by atoms with Crippen molar-refractivity contribution in [2.24, 2.45) is 7.05 Å². The Hall–Kier alpha value is -2.28. The van der Waals surface area contributed by atoms with Gasteiger partial charge in [0.1, 0.15) is 12.4 Å². The predicted octanol–water partition coefficient (Wildman–Crippen LogP) is 1.56. The number of nitro groups is 1. The highest BCUT2D eigenvalue weighted by atomic mass is 16.6. The molecule has 2 aromatic rings. The van der Waals surface area contributed by atoms with Crippen molar-refractivity contribution < 1.29 is 10.0 Å². The molecule has 2 rings (SSSR count). The molecular weight excluding hydrogens is 248 g/mol. The maximum absolute atomic E-state index is 10.7. The van der Waals surface area contributed by atoms with Gasteiger partial charge in [-0.15, -0.1) is 10.2 Å². The summed E-state index contributed by atoms with van der Waals surface area (Å²) in [5, 5.41) is 28.6. The van der Waals surface area contributed by atoms with Gasteiger partial charge in [-0.1, -0.05) is 19.1 Å². The number of hydrogen-bond acceptors (Lipinski definition) is 5. The highest BCUT2D eigenvalue weighted by Crippen LogP contribution is 2.30. The van der Waals surface area contributed by atoms with Crippen LogP contribution in [0.3, 0.4) is 0 Å². The van der Waals surface area contributed by atoms with E-state index in [9.17, 15) is 15.2 Å². The minimum absolute atomic E-state index is 0.00881. The van der Waals surface area contributed by atoms with Crippen molar-refractivity contribution in [2.75, 3.05) is 0 Å². The van der Waals surface area contributed by atoms with Gasteiger partial charge in [0.15, 0.2) is 5.82 Å². The van der Waals surface area contributed by atoms with Crippen LogP contribution in [0.2, 0.25) is 0 Å². The minimum Gasteiger partial charge on any atom is -0.384 e. The Balaban J connectivity index is 2.29. The van der Waals surface area contributed by atoms with Crippen molar-refractivity contribution in [2.45, 2.75) is 18.9 Å². The summed E-state index contributed by atoms with van der Waals surface area (Å²) in [4.78, 5) is 10.3. The topological polar surface area (TPSA) is 94.1 Å². The van der Waals surface area contributed by atoms with Crippen molar-refractivity contribution in [3.8, 4) is 0 Å². The van der Waals surface area contributed by atoms with E-state index in [1.54, 1.807) is 30.7 Å². The number of rotatable bonds is 4. The van der Waals surface area contributed by atoms with Crippen molar-refractivity contribution in [3.63, 3.8) is 0 Å². The second-order valence-corrected chi connectivity index (χ2v) is 4.39. The lowest BCUT2D eigenvalue weighted by Crippen LogP contribution is -2.12. The van der Waals surface area contributed by atoms with E-state index in [1.165, 1.54) is 18.5 Å². The van der Waals surface area contributed by atoms with E-state index in [4.69, 9.17) is 0 Å². The van der Waals surface area contributed by atoms with Crippen LogP contribution in [-0.2, 0) is 7.05 Å². The first-order valence-corrected chi connectivity index (χ1v) is 5.77. The van der Waals surface area contributed by atoms with E-state index >= 15 is 0 Å². The van der Waals surface area contributed by atoms with Crippen LogP contribution >= 0.6 is 0 Å². The molecule has 0 radical (unpaired) electrons. The first kappa shape index (κ1) is 13.2. The van der Waals surface area contributed by atoms with Crippen LogP contribution < -0.4 is 0 Å². The van der Waals surface area contributed by atoms with Crippen LogP contribution in [-0.4, -0.2) is 24.8 Å². The summed E-state index contributed by atoms with van der Waals surface area (Å²) < 4.78 is 1.62. The van der Waals surface area contributed by atoms with Gasteiger partial charge in [-0.2, -0.15) is 0 Å². The number of non-ortho nitro benzene ring substituents is 1. The van der Waals surface area contributed by atoms with E-state index in [1.807, 2.05) is 0 Å². The van der Waals surface area contributed by atoms with Gasteiger partial charge in [0.05, 0.1) is 4.92 Å². The molecule has 0 aliphatic carbocycles.